The van der Waals surface area contributed by atoms with Crippen LogP contribution in [0, 0.1) is 17.2 Å². The fraction of sp³-hybridized carbons (Fsp3) is 0.417. The lowest BCUT2D eigenvalue weighted by atomic mass is 9.84. The molecule has 2 N–H and O–H groups in total. The van der Waals surface area contributed by atoms with E-state index in [4.69, 9.17) is 9.47 Å². The van der Waals surface area contributed by atoms with Gasteiger partial charge in [-0.1, -0.05) is 87.5 Å². The summed E-state index contributed by atoms with van der Waals surface area (Å²) in [6.07, 6.45) is 0.484. The Bertz CT molecular complexity index is 1450. The van der Waals surface area contributed by atoms with Crippen molar-refractivity contribution < 1.29 is 28.2 Å². The number of hydrogen-bond donors (Lipinski definition) is 2. The summed E-state index contributed by atoms with van der Waals surface area (Å²) in [5.41, 5.74) is 3.08. The van der Waals surface area contributed by atoms with Crippen LogP contribution >= 0.6 is 0 Å². The lowest BCUT2D eigenvalue weighted by molar-refractivity contribution is -0.162. The molecule has 0 aliphatic carbocycles. The van der Waals surface area contributed by atoms with Gasteiger partial charge in [0.1, 0.15) is 11.9 Å². The maximum Gasteiger partial charge on any atom is 0.338 e. The summed E-state index contributed by atoms with van der Waals surface area (Å²) in [5.74, 6) is -3.64. The van der Waals surface area contributed by atoms with Crippen molar-refractivity contribution in [2.24, 2.45) is 11.3 Å². The molecule has 8 heteroatoms. The van der Waals surface area contributed by atoms with Gasteiger partial charge in [-0.25, -0.2) is 9.18 Å². The van der Waals surface area contributed by atoms with Crippen LogP contribution in [0.15, 0.2) is 78.9 Å². The number of ether oxygens (including phenoxy) is 2. The second-order valence-electron chi connectivity index (χ2n) is 13.0. The zero-order valence-electron chi connectivity index (χ0n) is 26.4. The maximum atomic E-state index is 13.9. The van der Waals surface area contributed by atoms with Gasteiger partial charge in [0.2, 0.25) is 17.6 Å². The topological polar surface area (TPSA) is 93.7 Å². The highest BCUT2D eigenvalue weighted by atomic mass is 19.1. The number of aryl methyl sites for hydroxylation is 1. The third-order valence-electron chi connectivity index (χ3n) is 7.86. The van der Waals surface area contributed by atoms with Gasteiger partial charge < -0.3 is 20.1 Å². The van der Waals surface area contributed by atoms with Gasteiger partial charge in [0.15, 0.2) is 6.10 Å². The highest BCUT2D eigenvalue weighted by Gasteiger charge is 2.48. The summed E-state index contributed by atoms with van der Waals surface area (Å²) in [6.45, 7) is 10.8. The zero-order chi connectivity index (χ0) is 32.1. The first-order valence-corrected chi connectivity index (χ1v) is 15.1. The molecule has 4 atom stereocenters. The summed E-state index contributed by atoms with van der Waals surface area (Å²) >= 11 is 0. The van der Waals surface area contributed by atoms with E-state index in [0.717, 1.165) is 22.3 Å². The lowest BCUT2D eigenvalue weighted by Crippen LogP contribution is -2.56. The summed E-state index contributed by atoms with van der Waals surface area (Å²) in [4.78, 5) is 40.2. The SMILES string of the molecule is C[C@@H](NC(=O)[C@@H](NC(=O)[C@H](CCCc1ccc(-c2cccc(F)c2)cc1)[C@@H]1OC(C)(C)OC1=O)C(C)(C)C)c1ccccc1. The first kappa shape index (κ1) is 32.9. The summed E-state index contributed by atoms with van der Waals surface area (Å²) in [6, 6.07) is 22.8. The molecule has 234 valence electrons. The number of hydrogen-bond acceptors (Lipinski definition) is 5. The van der Waals surface area contributed by atoms with Crippen LogP contribution in [0.25, 0.3) is 11.1 Å². The Kier molecular flexibility index (Phi) is 10.3. The largest absolute Gasteiger partial charge is 0.432 e. The Labute approximate surface area is 259 Å². The molecule has 7 nitrogen and oxygen atoms in total. The maximum absolute atomic E-state index is 13.9. The van der Waals surface area contributed by atoms with Crippen LogP contribution in [-0.2, 0) is 30.3 Å². The predicted molar refractivity (Wildman–Crippen MR) is 168 cm³/mol. The van der Waals surface area contributed by atoms with Crippen LogP contribution in [-0.4, -0.2) is 35.7 Å². The fourth-order valence-corrected chi connectivity index (χ4v) is 5.45. The third-order valence-corrected chi connectivity index (χ3v) is 7.86. The van der Waals surface area contributed by atoms with Crippen molar-refractivity contribution in [2.45, 2.75) is 84.8 Å². The molecule has 0 bridgehead atoms. The molecule has 0 saturated carbocycles. The zero-order valence-corrected chi connectivity index (χ0v) is 26.4. The van der Waals surface area contributed by atoms with Gasteiger partial charge in [-0.3, -0.25) is 9.59 Å². The monoisotopic (exact) mass is 602 g/mol. The van der Waals surface area contributed by atoms with Gasteiger partial charge in [-0.15, -0.1) is 0 Å². The third kappa shape index (κ3) is 8.53. The molecule has 1 heterocycles. The first-order chi connectivity index (χ1) is 20.7. The van der Waals surface area contributed by atoms with Crippen LogP contribution < -0.4 is 10.6 Å². The van der Waals surface area contributed by atoms with E-state index in [1.165, 1.54) is 12.1 Å². The summed E-state index contributed by atoms with van der Waals surface area (Å²) in [7, 11) is 0. The van der Waals surface area contributed by atoms with E-state index in [0.29, 0.717) is 19.3 Å². The number of cyclic esters (lactones) is 1. The molecule has 1 fully saturated rings. The molecule has 4 rings (SSSR count). The van der Waals surface area contributed by atoms with Crippen LogP contribution in [0.1, 0.15) is 71.6 Å². The minimum atomic E-state index is -1.15. The highest BCUT2D eigenvalue weighted by molar-refractivity contribution is 5.92. The summed E-state index contributed by atoms with van der Waals surface area (Å²) < 4.78 is 25.0. The molecule has 1 saturated heterocycles. The minimum Gasteiger partial charge on any atom is -0.432 e. The van der Waals surface area contributed by atoms with Gasteiger partial charge in [0.05, 0.1) is 12.0 Å². The van der Waals surface area contributed by atoms with E-state index in [1.54, 1.807) is 19.9 Å². The second kappa shape index (κ2) is 13.7. The number of benzene rings is 3. The number of esters is 1. The van der Waals surface area contributed by atoms with E-state index < -0.39 is 41.1 Å². The average Bonchev–Trinajstić information content (AvgIpc) is 3.25. The molecular weight excluding hydrogens is 559 g/mol. The highest BCUT2D eigenvalue weighted by Crippen LogP contribution is 2.32. The molecule has 44 heavy (non-hydrogen) atoms. The van der Waals surface area contributed by atoms with Crippen molar-refractivity contribution >= 4 is 17.8 Å². The second-order valence-corrected chi connectivity index (χ2v) is 13.0. The normalized spacial score (nSPS) is 18.2. The van der Waals surface area contributed by atoms with Crippen molar-refractivity contribution in [3.8, 4) is 11.1 Å². The lowest BCUT2D eigenvalue weighted by Gasteiger charge is -2.33. The van der Waals surface area contributed by atoms with Crippen LogP contribution in [0.2, 0.25) is 0 Å². The van der Waals surface area contributed by atoms with Crippen LogP contribution in [0.3, 0.4) is 0 Å². The van der Waals surface area contributed by atoms with Crippen LogP contribution in [0.5, 0.6) is 0 Å². The van der Waals surface area contributed by atoms with Gasteiger partial charge in [0, 0.05) is 13.8 Å². The van der Waals surface area contributed by atoms with Crippen LogP contribution in [0.4, 0.5) is 4.39 Å². The van der Waals surface area contributed by atoms with Crippen molar-refractivity contribution in [2.75, 3.05) is 0 Å². The molecule has 3 aromatic carbocycles. The first-order valence-electron chi connectivity index (χ1n) is 15.1. The molecule has 0 unspecified atom stereocenters. The average molecular weight is 603 g/mol. The number of rotatable bonds is 11. The molecule has 0 radical (unpaired) electrons. The standard InChI is InChI=1S/C36H43FN2O5/c1-23(25-13-8-7-9-14-25)38-33(41)31(35(2,3)4)39-32(40)29(30-34(42)44-36(5,6)43-30)17-10-12-24-18-20-26(21-19-24)27-15-11-16-28(37)22-27/h7-9,11,13-16,18-23,29-31H,10,12,17H2,1-6H3,(H,38,41)(H,39,40)/t23-,29-,30+,31-/m1/s1. The molecule has 3 aromatic rings. The van der Waals surface area contributed by atoms with E-state index in [9.17, 15) is 18.8 Å². The molecule has 0 spiro atoms. The molecule has 1 aliphatic heterocycles. The number of halogens is 1. The van der Waals surface area contributed by atoms with Crippen molar-refractivity contribution in [1.29, 1.82) is 0 Å². The number of amides is 2. The van der Waals surface area contributed by atoms with Crippen molar-refractivity contribution in [3.63, 3.8) is 0 Å². The van der Waals surface area contributed by atoms with E-state index in [1.807, 2.05) is 88.4 Å². The number of nitrogens with one attached hydrogen (secondary N) is 2. The van der Waals surface area contributed by atoms with Crippen molar-refractivity contribution in [1.82, 2.24) is 10.6 Å². The molecule has 0 aromatic heterocycles. The Morgan fingerprint density at radius 1 is 0.909 bits per heavy atom. The molecule has 2 amide bonds. The van der Waals surface area contributed by atoms with Gasteiger partial charge in [-0.05, 0) is 66.0 Å². The van der Waals surface area contributed by atoms with Gasteiger partial charge >= 0.3 is 5.97 Å². The van der Waals surface area contributed by atoms with Gasteiger partial charge in [-0.2, -0.15) is 0 Å². The van der Waals surface area contributed by atoms with E-state index in [-0.39, 0.29) is 17.8 Å². The van der Waals surface area contributed by atoms with E-state index >= 15 is 0 Å². The van der Waals surface area contributed by atoms with Crippen molar-refractivity contribution in [3.05, 3.63) is 95.8 Å². The Morgan fingerprint density at radius 3 is 2.18 bits per heavy atom. The molecule has 1 aliphatic rings. The number of carbonyl (C=O) groups is 3. The smallest absolute Gasteiger partial charge is 0.338 e. The number of carbonyl (C=O) groups excluding carboxylic acids is 3. The van der Waals surface area contributed by atoms with Gasteiger partial charge in [0.25, 0.3) is 0 Å². The molecular formula is C36H43FN2O5. The van der Waals surface area contributed by atoms with E-state index in [2.05, 4.69) is 10.6 Å². The minimum absolute atomic E-state index is 0.262. The predicted octanol–water partition coefficient (Wildman–Crippen LogP) is 6.52. The Balaban J connectivity index is 1.47. The Hall–Kier alpha value is -4.04. The fourth-order valence-electron chi connectivity index (χ4n) is 5.45. The Morgan fingerprint density at radius 2 is 1.59 bits per heavy atom. The quantitative estimate of drug-likeness (QED) is 0.244. The summed E-state index contributed by atoms with van der Waals surface area (Å²) in [5, 5.41) is 5.97.